The summed E-state index contributed by atoms with van der Waals surface area (Å²) in [5, 5.41) is 12.6. The first-order valence-electron chi connectivity index (χ1n) is 7.31. The molecule has 0 aliphatic carbocycles. The van der Waals surface area contributed by atoms with Gasteiger partial charge in [-0.05, 0) is 36.8 Å². The van der Waals surface area contributed by atoms with Crippen molar-refractivity contribution in [3.63, 3.8) is 0 Å². The molecule has 0 saturated heterocycles. The number of rotatable bonds is 3. The van der Waals surface area contributed by atoms with E-state index in [2.05, 4.69) is 16.4 Å². The number of hydrogen-bond donors (Lipinski definition) is 1. The molecular weight excluding hydrogens is 286 g/mol. The zero-order chi connectivity index (χ0) is 16.2. The van der Waals surface area contributed by atoms with E-state index in [-0.39, 0.29) is 5.91 Å². The molecule has 1 heterocycles. The van der Waals surface area contributed by atoms with Crippen LogP contribution in [-0.2, 0) is 6.54 Å². The van der Waals surface area contributed by atoms with Gasteiger partial charge in [-0.3, -0.25) is 9.78 Å². The van der Waals surface area contributed by atoms with E-state index >= 15 is 0 Å². The number of nitrogens with one attached hydrogen (secondary N) is 1. The van der Waals surface area contributed by atoms with E-state index in [1.807, 2.05) is 43.3 Å². The lowest BCUT2D eigenvalue weighted by molar-refractivity contribution is 0.0952. The van der Waals surface area contributed by atoms with E-state index in [0.29, 0.717) is 17.7 Å². The topological polar surface area (TPSA) is 65.8 Å². The lowest BCUT2D eigenvalue weighted by Crippen LogP contribution is -2.23. The number of aryl methyl sites for hydroxylation is 1. The Labute approximate surface area is 134 Å². The molecule has 0 unspecified atom stereocenters. The summed E-state index contributed by atoms with van der Waals surface area (Å²) in [4.78, 5) is 17.0. The smallest absolute Gasteiger partial charge is 0.252 e. The second kappa shape index (κ2) is 6.29. The molecule has 112 valence electrons. The van der Waals surface area contributed by atoms with E-state index in [1.54, 1.807) is 18.2 Å². The Hall–Kier alpha value is -3.19. The Balaban J connectivity index is 1.82. The highest BCUT2D eigenvalue weighted by molar-refractivity contribution is 6.06. The maximum absolute atomic E-state index is 12.5. The minimum Gasteiger partial charge on any atom is -0.348 e. The summed E-state index contributed by atoms with van der Waals surface area (Å²) in [6, 6.07) is 18.7. The van der Waals surface area contributed by atoms with Crippen LogP contribution >= 0.6 is 0 Å². The Morgan fingerprint density at radius 1 is 1.17 bits per heavy atom. The molecule has 1 aromatic heterocycles. The van der Waals surface area contributed by atoms with Gasteiger partial charge in [0.15, 0.2) is 0 Å². The number of nitriles is 1. The standard InChI is InChI=1S/C19H15N3O/c1-13-10-17(16-4-2-3-5-18(16)22-13)19(23)21-12-15-8-6-14(11-20)7-9-15/h2-10H,12H2,1H3,(H,21,23). The number of amides is 1. The molecule has 4 nitrogen and oxygen atoms in total. The molecule has 0 aliphatic rings. The van der Waals surface area contributed by atoms with Crippen LogP contribution in [0.25, 0.3) is 10.9 Å². The van der Waals surface area contributed by atoms with E-state index in [0.717, 1.165) is 22.2 Å². The molecule has 3 rings (SSSR count). The van der Waals surface area contributed by atoms with Gasteiger partial charge in [-0.25, -0.2) is 0 Å². The predicted octanol–water partition coefficient (Wildman–Crippen LogP) is 3.34. The predicted molar refractivity (Wildman–Crippen MR) is 88.8 cm³/mol. The van der Waals surface area contributed by atoms with Gasteiger partial charge in [-0.1, -0.05) is 30.3 Å². The van der Waals surface area contributed by atoms with Crippen LogP contribution in [0.4, 0.5) is 0 Å². The van der Waals surface area contributed by atoms with Crippen molar-refractivity contribution in [1.82, 2.24) is 10.3 Å². The number of benzene rings is 2. The number of hydrogen-bond acceptors (Lipinski definition) is 3. The highest BCUT2D eigenvalue weighted by atomic mass is 16.1. The normalized spacial score (nSPS) is 10.3. The van der Waals surface area contributed by atoms with E-state index in [9.17, 15) is 4.79 Å². The van der Waals surface area contributed by atoms with Crippen molar-refractivity contribution in [1.29, 1.82) is 5.26 Å². The van der Waals surface area contributed by atoms with Gasteiger partial charge in [0.2, 0.25) is 0 Å². The van der Waals surface area contributed by atoms with Gasteiger partial charge in [0.25, 0.3) is 5.91 Å². The third-order valence-electron chi connectivity index (χ3n) is 3.62. The average Bonchev–Trinajstić information content (AvgIpc) is 2.59. The molecule has 3 aromatic rings. The molecule has 1 N–H and O–H groups in total. The van der Waals surface area contributed by atoms with Crippen LogP contribution in [0.2, 0.25) is 0 Å². The SMILES string of the molecule is Cc1cc(C(=O)NCc2ccc(C#N)cc2)c2ccccc2n1. The van der Waals surface area contributed by atoms with Gasteiger partial charge in [0.1, 0.15) is 0 Å². The van der Waals surface area contributed by atoms with E-state index in [4.69, 9.17) is 5.26 Å². The molecule has 23 heavy (non-hydrogen) atoms. The third-order valence-corrected chi connectivity index (χ3v) is 3.62. The second-order valence-electron chi connectivity index (χ2n) is 5.32. The molecule has 0 saturated carbocycles. The zero-order valence-electron chi connectivity index (χ0n) is 12.7. The van der Waals surface area contributed by atoms with Crippen molar-refractivity contribution >= 4 is 16.8 Å². The molecule has 0 aliphatic heterocycles. The van der Waals surface area contributed by atoms with Crippen molar-refractivity contribution in [2.45, 2.75) is 13.5 Å². The molecule has 0 radical (unpaired) electrons. The fraction of sp³-hybridized carbons (Fsp3) is 0.105. The second-order valence-corrected chi connectivity index (χ2v) is 5.32. The lowest BCUT2D eigenvalue weighted by Gasteiger charge is -2.09. The maximum Gasteiger partial charge on any atom is 0.252 e. The highest BCUT2D eigenvalue weighted by Gasteiger charge is 2.11. The lowest BCUT2D eigenvalue weighted by atomic mass is 10.1. The summed E-state index contributed by atoms with van der Waals surface area (Å²) in [5.74, 6) is -0.129. The minimum atomic E-state index is -0.129. The van der Waals surface area contributed by atoms with Crippen LogP contribution in [0.3, 0.4) is 0 Å². The average molecular weight is 301 g/mol. The molecule has 0 atom stereocenters. The van der Waals surface area contributed by atoms with Crippen LogP contribution in [0.1, 0.15) is 27.2 Å². The maximum atomic E-state index is 12.5. The van der Waals surface area contributed by atoms with Gasteiger partial charge < -0.3 is 5.32 Å². The van der Waals surface area contributed by atoms with Crippen molar-refractivity contribution in [3.8, 4) is 6.07 Å². The summed E-state index contributed by atoms with van der Waals surface area (Å²) in [7, 11) is 0. The summed E-state index contributed by atoms with van der Waals surface area (Å²) < 4.78 is 0. The molecule has 1 amide bonds. The summed E-state index contributed by atoms with van der Waals surface area (Å²) >= 11 is 0. The Morgan fingerprint density at radius 3 is 2.65 bits per heavy atom. The number of para-hydroxylation sites is 1. The number of fused-ring (bicyclic) bond motifs is 1. The summed E-state index contributed by atoms with van der Waals surface area (Å²) in [6.45, 7) is 2.30. The Kier molecular flexibility index (Phi) is 4.03. The van der Waals surface area contributed by atoms with Crippen LogP contribution in [0.15, 0.2) is 54.6 Å². The summed E-state index contributed by atoms with van der Waals surface area (Å²) in [6.07, 6.45) is 0. The fourth-order valence-electron chi connectivity index (χ4n) is 2.47. The third kappa shape index (κ3) is 3.19. The first kappa shape index (κ1) is 14.7. The van der Waals surface area contributed by atoms with Crippen LogP contribution in [0.5, 0.6) is 0 Å². The van der Waals surface area contributed by atoms with Gasteiger partial charge in [-0.15, -0.1) is 0 Å². The number of nitrogens with zero attached hydrogens (tertiary/aromatic N) is 2. The fourth-order valence-corrected chi connectivity index (χ4v) is 2.47. The summed E-state index contributed by atoms with van der Waals surface area (Å²) in [5.41, 5.74) is 3.81. The van der Waals surface area contributed by atoms with Gasteiger partial charge >= 0.3 is 0 Å². The van der Waals surface area contributed by atoms with Gasteiger partial charge in [0.05, 0.1) is 22.7 Å². The first-order valence-corrected chi connectivity index (χ1v) is 7.31. The molecule has 0 spiro atoms. The number of carbonyl (C=O) groups excluding carboxylic acids is 1. The number of pyridine rings is 1. The van der Waals surface area contributed by atoms with Gasteiger partial charge in [-0.2, -0.15) is 5.26 Å². The number of aromatic nitrogens is 1. The quantitative estimate of drug-likeness (QED) is 0.806. The number of carbonyl (C=O) groups is 1. The first-order chi connectivity index (χ1) is 11.2. The van der Waals surface area contributed by atoms with Crippen LogP contribution in [0, 0.1) is 18.3 Å². The van der Waals surface area contributed by atoms with E-state index < -0.39 is 0 Å². The highest BCUT2D eigenvalue weighted by Crippen LogP contribution is 2.18. The molecular formula is C19H15N3O. The Bertz CT molecular complexity index is 908. The van der Waals surface area contributed by atoms with E-state index in [1.165, 1.54) is 0 Å². The van der Waals surface area contributed by atoms with Crippen molar-refractivity contribution in [2.24, 2.45) is 0 Å². The monoisotopic (exact) mass is 301 g/mol. The van der Waals surface area contributed by atoms with Crippen LogP contribution < -0.4 is 5.32 Å². The minimum absolute atomic E-state index is 0.129. The molecule has 2 aromatic carbocycles. The zero-order valence-corrected chi connectivity index (χ0v) is 12.7. The molecule has 4 heteroatoms. The van der Waals surface area contributed by atoms with Crippen LogP contribution in [-0.4, -0.2) is 10.9 Å². The van der Waals surface area contributed by atoms with Crippen molar-refractivity contribution in [3.05, 3.63) is 77.0 Å². The molecule has 0 bridgehead atoms. The van der Waals surface area contributed by atoms with Gasteiger partial charge in [0, 0.05) is 17.6 Å². The largest absolute Gasteiger partial charge is 0.348 e. The van der Waals surface area contributed by atoms with Crippen molar-refractivity contribution < 1.29 is 4.79 Å². The van der Waals surface area contributed by atoms with Crippen molar-refractivity contribution in [2.75, 3.05) is 0 Å². The Morgan fingerprint density at radius 2 is 1.91 bits per heavy atom. The molecule has 0 fully saturated rings.